The number of carbonyl (C=O) groups is 2. The Hall–Kier alpha value is -2.43. The molecule has 3 rings (SSSR count). The first-order chi connectivity index (χ1) is 13.5. The highest BCUT2D eigenvalue weighted by Crippen LogP contribution is 2.38. The molecule has 0 bridgehead atoms. The van der Waals surface area contributed by atoms with Gasteiger partial charge in [-0.05, 0) is 30.7 Å². The second-order valence-electron chi connectivity index (χ2n) is 7.20. The van der Waals surface area contributed by atoms with E-state index < -0.39 is 11.8 Å². The molecule has 1 saturated heterocycles. The van der Waals surface area contributed by atoms with Crippen molar-refractivity contribution in [3.8, 4) is 0 Å². The Labute approximate surface area is 171 Å². The topological polar surface area (TPSA) is 40.6 Å². The Bertz CT molecular complexity index is 855. The summed E-state index contributed by atoms with van der Waals surface area (Å²) in [6, 6.07) is 16.8. The van der Waals surface area contributed by atoms with Gasteiger partial charge in [-0.3, -0.25) is 9.69 Å². The number of aldehydes is 1. The number of amides is 1. The van der Waals surface area contributed by atoms with Gasteiger partial charge < -0.3 is 9.69 Å². The minimum atomic E-state index is -0.488. The lowest BCUT2D eigenvalue weighted by atomic mass is 9.87. The summed E-state index contributed by atoms with van der Waals surface area (Å²) in [6.07, 6.45) is 2.69. The lowest BCUT2D eigenvalue weighted by Gasteiger charge is -2.29. The van der Waals surface area contributed by atoms with Crippen molar-refractivity contribution in [1.29, 1.82) is 0 Å². The fourth-order valence-corrected chi connectivity index (χ4v) is 4.29. The zero-order valence-electron chi connectivity index (χ0n) is 16.2. The monoisotopic (exact) mass is 396 g/mol. The number of anilines is 1. The van der Waals surface area contributed by atoms with E-state index in [9.17, 15) is 9.59 Å². The van der Waals surface area contributed by atoms with E-state index in [1.54, 1.807) is 18.0 Å². The van der Waals surface area contributed by atoms with Crippen molar-refractivity contribution in [3.05, 3.63) is 77.8 Å². The van der Waals surface area contributed by atoms with Gasteiger partial charge in [0.25, 0.3) is 0 Å². The highest BCUT2D eigenvalue weighted by molar-refractivity contribution is 6.31. The molecule has 1 aliphatic rings. The Morgan fingerprint density at radius 3 is 2.43 bits per heavy atom. The molecule has 0 saturated carbocycles. The van der Waals surface area contributed by atoms with Crippen LogP contribution in [0.3, 0.4) is 0 Å². The van der Waals surface area contributed by atoms with Crippen molar-refractivity contribution in [2.75, 3.05) is 11.9 Å². The first-order valence-corrected chi connectivity index (χ1v) is 9.77. The largest absolute Gasteiger partial charge is 0.315 e. The van der Waals surface area contributed by atoms with Crippen molar-refractivity contribution < 1.29 is 9.59 Å². The van der Waals surface area contributed by atoms with Gasteiger partial charge in [-0.1, -0.05) is 54.1 Å². The highest BCUT2D eigenvalue weighted by Gasteiger charge is 2.49. The third-order valence-electron chi connectivity index (χ3n) is 5.71. The van der Waals surface area contributed by atoms with E-state index in [0.29, 0.717) is 11.6 Å². The minimum absolute atomic E-state index is 0.0818. The van der Waals surface area contributed by atoms with Crippen LogP contribution in [-0.2, 0) is 16.1 Å². The molecule has 0 spiro atoms. The Kier molecular flexibility index (Phi) is 6.32. The zero-order chi connectivity index (χ0) is 20.3. The number of nitrogens with zero attached hydrogens (tertiary/aromatic N) is 2. The Balaban J connectivity index is 1.91. The second kappa shape index (κ2) is 8.72. The summed E-state index contributed by atoms with van der Waals surface area (Å²) in [4.78, 5) is 29.1. The summed E-state index contributed by atoms with van der Waals surface area (Å²) >= 11 is 6.34. The minimum Gasteiger partial charge on any atom is -0.315 e. The van der Waals surface area contributed by atoms with E-state index in [0.717, 1.165) is 17.5 Å². The molecule has 1 aliphatic heterocycles. The van der Waals surface area contributed by atoms with E-state index in [1.807, 2.05) is 61.5 Å². The molecule has 4 unspecified atom stereocenters. The molecule has 28 heavy (non-hydrogen) atoms. The van der Waals surface area contributed by atoms with Crippen LogP contribution in [0.1, 0.15) is 12.5 Å². The summed E-state index contributed by atoms with van der Waals surface area (Å²) in [5, 5.41) is 0.677. The maximum atomic E-state index is 13.4. The normalized spacial score (nSPS) is 24.7. The van der Waals surface area contributed by atoms with Gasteiger partial charge in [0.2, 0.25) is 5.91 Å². The van der Waals surface area contributed by atoms with Gasteiger partial charge in [-0.2, -0.15) is 0 Å². The van der Waals surface area contributed by atoms with Gasteiger partial charge in [0.15, 0.2) is 0 Å². The predicted octanol–water partition coefficient (Wildman–Crippen LogP) is 4.19. The van der Waals surface area contributed by atoms with Gasteiger partial charge >= 0.3 is 0 Å². The van der Waals surface area contributed by atoms with Crippen LogP contribution in [0.2, 0.25) is 5.02 Å². The van der Waals surface area contributed by atoms with Crippen LogP contribution in [-0.4, -0.2) is 36.2 Å². The lowest BCUT2D eigenvalue weighted by molar-refractivity contribution is -0.126. The Morgan fingerprint density at radius 1 is 1.18 bits per heavy atom. The summed E-state index contributed by atoms with van der Waals surface area (Å²) < 4.78 is 0. The number of likely N-dealkylation sites (tertiary alicyclic amines) is 1. The molecule has 2 aromatic rings. The molecule has 1 fully saturated rings. The number of benzene rings is 2. The first-order valence-electron chi connectivity index (χ1n) is 9.39. The molecule has 1 amide bonds. The molecule has 0 aromatic heterocycles. The fraction of sp³-hybridized carbons (Fsp3) is 0.304. The SMILES string of the molecule is C=CC1C(C(=O)N(C)c2ccccc2)C(C=O)C(C)N1Cc1ccccc1Cl. The number of hydrogen-bond acceptors (Lipinski definition) is 3. The molecule has 2 aromatic carbocycles. The van der Waals surface area contributed by atoms with Crippen LogP contribution in [0, 0.1) is 11.8 Å². The van der Waals surface area contributed by atoms with Crippen LogP contribution >= 0.6 is 11.6 Å². The number of para-hydroxylation sites is 1. The number of carbonyl (C=O) groups excluding carboxylic acids is 2. The zero-order valence-corrected chi connectivity index (χ0v) is 16.9. The van der Waals surface area contributed by atoms with Gasteiger partial charge in [0, 0.05) is 42.3 Å². The molecule has 4 nitrogen and oxygen atoms in total. The maximum absolute atomic E-state index is 13.4. The van der Waals surface area contributed by atoms with Crippen molar-refractivity contribution in [1.82, 2.24) is 4.90 Å². The molecule has 0 radical (unpaired) electrons. The van der Waals surface area contributed by atoms with Crippen molar-refractivity contribution in [2.24, 2.45) is 11.8 Å². The van der Waals surface area contributed by atoms with E-state index in [2.05, 4.69) is 11.5 Å². The van der Waals surface area contributed by atoms with E-state index in [4.69, 9.17) is 11.6 Å². The van der Waals surface area contributed by atoms with Crippen LogP contribution < -0.4 is 4.90 Å². The Morgan fingerprint density at radius 2 is 1.82 bits per heavy atom. The molecule has 4 atom stereocenters. The molecule has 1 heterocycles. The van der Waals surface area contributed by atoms with Crippen molar-refractivity contribution in [3.63, 3.8) is 0 Å². The summed E-state index contributed by atoms with van der Waals surface area (Å²) in [5.74, 6) is -0.983. The van der Waals surface area contributed by atoms with E-state index in [-0.39, 0.29) is 18.0 Å². The maximum Gasteiger partial charge on any atom is 0.232 e. The average Bonchev–Trinajstić information content (AvgIpc) is 3.00. The molecular weight excluding hydrogens is 372 g/mol. The summed E-state index contributed by atoms with van der Waals surface area (Å²) in [5.41, 5.74) is 1.77. The molecule has 0 aliphatic carbocycles. The van der Waals surface area contributed by atoms with Crippen molar-refractivity contribution in [2.45, 2.75) is 25.6 Å². The quantitative estimate of drug-likeness (QED) is 0.543. The van der Waals surface area contributed by atoms with Crippen molar-refractivity contribution >= 4 is 29.5 Å². The van der Waals surface area contributed by atoms with Gasteiger partial charge in [0.05, 0.1) is 5.92 Å². The third kappa shape index (κ3) is 3.75. The first kappa shape index (κ1) is 20.3. The summed E-state index contributed by atoms with van der Waals surface area (Å²) in [6.45, 7) is 6.51. The van der Waals surface area contributed by atoms with Gasteiger partial charge in [-0.25, -0.2) is 0 Å². The third-order valence-corrected chi connectivity index (χ3v) is 6.08. The molecule has 0 N–H and O–H groups in total. The van der Waals surface area contributed by atoms with Gasteiger partial charge in [0.1, 0.15) is 6.29 Å². The van der Waals surface area contributed by atoms with E-state index >= 15 is 0 Å². The highest BCUT2D eigenvalue weighted by atomic mass is 35.5. The van der Waals surface area contributed by atoms with Crippen LogP contribution in [0.15, 0.2) is 67.3 Å². The van der Waals surface area contributed by atoms with Crippen LogP contribution in [0.25, 0.3) is 0 Å². The van der Waals surface area contributed by atoms with Crippen LogP contribution in [0.4, 0.5) is 5.69 Å². The van der Waals surface area contributed by atoms with Gasteiger partial charge in [-0.15, -0.1) is 6.58 Å². The average molecular weight is 397 g/mol. The molecule has 146 valence electrons. The molecule has 5 heteroatoms. The number of halogens is 1. The number of rotatable bonds is 6. The predicted molar refractivity (Wildman–Crippen MR) is 113 cm³/mol. The standard InChI is InChI=1S/C23H25ClN2O2/c1-4-21-22(23(28)25(3)18-11-6-5-7-12-18)19(15-27)16(2)26(21)14-17-10-8-9-13-20(17)24/h4-13,15-16,19,21-22H,1,14H2,2-3H3. The lowest BCUT2D eigenvalue weighted by Crippen LogP contribution is -2.41. The summed E-state index contributed by atoms with van der Waals surface area (Å²) in [7, 11) is 1.75. The molecular formula is C23H25ClN2O2. The number of hydrogen-bond donors (Lipinski definition) is 0. The fourth-order valence-electron chi connectivity index (χ4n) is 4.09. The van der Waals surface area contributed by atoms with E-state index in [1.165, 1.54) is 0 Å². The second-order valence-corrected chi connectivity index (χ2v) is 7.61. The van der Waals surface area contributed by atoms with Crippen LogP contribution in [0.5, 0.6) is 0 Å². The smallest absolute Gasteiger partial charge is 0.232 e.